The maximum atomic E-state index is 5.67. The van der Waals surface area contributed by atoms with Crippen LogP contribution in [-0.4, -0.2) is 32.6 Å². The maximum absolute atomic E-state index is 5.67. The van der Waals surface area contributed by atoms with Gasteiger partial charge in [-0.25, -0.2) is 0 Å². The molecule has 0 aliphatic carbocycles. The molecular weight excluding hydrogens is 200 g/mol. The van der Waals surface area contributed by atoms with E-state index in [1.807, 2.05) is 6.07 Å². The Morgan fingerprint density at radius 3 is 2.56 bits per heavy atom. The van der Waals surface area contributed by atoms with Gasteiger partial charge >= 0.3 is 0 Å². The highest BCUT2D eigenvalue weighted by atomic mass is 16.5. The smallest absolute Gasteiger partial charge is 0.123 e. The van der Waals surface area contributed by atoms with Crippen molar-refractivity contribution in [1.82, 2.24) is 4.90 Å². The molecule has 1 rings (SSSR count). The Kier molecular flexibility index (Phi) is 4.77. The van der Waals surface area contributed by atoms with Crippen LogP contribution in [0.25, 0.3) is 0 Å². The number of aryl methyl sites for hydroxylation is 1. The SMILES string of the molecule is COc1ccc(C)cc1C(CCN)N(C)C. The second-order valence-electron chi connectivity index (χ2n) is 4.30. The summed E-state index contributed by atoms with van der Waals surface area (Å²) in [4.78, 5) is 2.18. The highest BCUT2D eigenvalue weighted by Gasteiger charge is 2.17. The van der Waals surface area contributed by atoms with Crippen LogP contribution in [0.1, 0.15) is 23.6 Å². The molecule has 1 aromatic rings. The summed E-state index contributed by atoms with van der Waals surface area (Å²) in [6.45, 7) is 2.78. The van der Waals surface area contributed by atoms with Crippen molar-refractivity contribution in [3.63, 3.8) is 0 Å². The van der Waals surface area contributed by atoms with Crippen LogP contribution in [0.2, 0.25) is 0 Å². The normalized spacial score (nSPS) is 12.9. The van der Waals surface area contributed by atoms with E-state index in [1.165, 1.54) is 11.1 Å². The zero-order valence-electron chi connectivity index (χ0n) is 10.7. The lowest BCUT2D eigenvalue weighted by atomic mass is 9.99. The number of nitrogens with two attached hydrogens (primary N) is 1. The van der Waals surface area contributed by atoms with E-state index in [-0.39, 0.29) is 0 Å². The molecule has 0 heterocycles. The minimum Gasteiger partial charge on any atom is -0.496 e. The molecule has 16 heavy (non-hydrogen) atoms. The second-order valence-corrected chi connectivity index (χ2v) is 4.30. The van der Waals surface area contributed by atoms with E-state index >= 15 is 0 Å². The summed E-state index contributed by atoms with van der Waals surface area (Å²) in [5.41, 5.74) is 8.14. The van der Waals surface area contributed by atoms with Gasteiger partial charge in [0.25, 0.3) is 0 Å². The summed E-state index contributed by atoms with van der Waals surface area (Å²) < 4.78 is 5.41. The van der Waals surface area contributed by atoms with Gasteiger partial charge in [-0.1, -0.05) is 17.7 Å². The topological polar surface area (TPSA) is 38.5 Å². The molecule has 90 valence electrons. The summed E-state index contributed by atoms with van der Waals surface area (Å²) in [5, 5.41) is 0. The van der Waals surface area contributed by atoms with Gasteiger partial charge in [-0.05, 0) is 40.1 Å². The maximum Gasteiger partial charge on any atom is 0.123 e. The third-order valence-corrected chi connectivity index (χ3v) is 2.81. The molecule has 0 spiro atoms. The van der Waals surface area contributed by atoms with Crippen LogP contribution >= 0.6 is 0 Å². The van der Waals surface area contributed by atoms with Gasteiger partial charge in [0.05, 0.1) is 7.11 Å². The molecular formula is C13H22N2O. The molecule has 0 aromatic heterocycles. The van der Waals surface area contributed by atoms with E-state index in [2.05, 4.69) is 38.1 Å². The van der Waals surface area contributed by atoms with Crippen LogP contribution in [0, 0.1) is 6.92 Å². The van der Waals surface area contributed by atoms with Crippen molar-refractivity contribution < 1.29 is 4.74 Å². The van der Waals surface area contributed by atoms with Crippen molar-refractivity contribution >= 4 is 0 Å². The fraction of sp³-hybridized carbons (Fsp3) is 0.538. The molecule has 0 amide bonds. The zero-order chi connectivity index (χ0) is 12.1. The molecule has 0 radical (unpaired) electrons. The van der Waals surface area contributed by atoms with Gasteiger partial charge in [-0.15, -0.1) is 0 Å². The van der Waals surface area contributed by atoms with Gasteiger partial charge < -0.3 is 15.4 Å². The monoisotopic (exact) mass is 222 g/mol. The first-order valence-corrected chi connectivity index (χ1v) is 5.61. The highest BCUT2D eigenvalue weighted by Crippen LogP contribution is 2.30. The quantitative estimate of drug-likeness (QED) is 0.827. The van der Waals surface area contributed by atoms with Crippen LogP contribution < -0.4 is 10.5 Å². The largest absolute Gasteiger partial charge is 0.496 e. The Morgan fingerprint density at radius 2 is 2.06 bits per heavy atom. The number of nitrogens with zero attached hydrogens (tertiary/aromatic N) is 1. The summed E-state index contributed by atoms with van der Waals surface area (Å²) in [6, 6.07) is 6.59. The van der Waals surface area contributed by atoms with E-state index < -0.39 is 0 Å². The Morgan fingerprint density at radius 1 is 1.38 bits per heavy atom. The molecule has 0 saturated heterocycles. The lowest BCUT2D eigenvalue weighted by molar-refractivity contribution is 0.277. The van der Waals surface area contributed by atoms with Gasteiger partial charge in [0.1, 0.15) is 5.75 Å². The van der Waals surface area contributed by atoms with E-state index in [1.54, 1.807) is 7.11 Å². The Balaban J connectivity index is 3.10. The lowest BCUT2D eigenvalue weighted by Crippen LogP contribution is -2.23. The average molecular weight is 222 g/mol. The molecule has 0 saturated carbocycles. The van der Waals surface area contributed by atoms with Gasteiger partial charge in [-0.2, -0.15) is 0 Å². The third-order valence-electron chi connectivity index (χ3n) is 2.81. The molecule has 3 heteroatoms. The van der Waals surface area contributed by atoms with E-state index in [9.17, 15) is 0 Å². The van der Waals surface area contributed by atoms with Gasteiger partial charge in [0.15, 0.2) is 0 Å². The Bertz CT molecular complexity index is 337. The van der Waals surface area contributed by atoms with Crippen molar-refractivity contribution in [2.75, 3.05) is 27.7 Å². The highest BCUT2D eigenvalue weighted by molar-refractivity contribution is 5.39. The molecule has 0 aliphatic rings. The third kappa shape index (κ3) is 2.97. The fourth-order valence-corrected chi connectivity index (χ4v) is 1.96. The van der Waals surface area contributed by atoms with Gasteiger partial charge in [0.2, 0.25) is 0 Å². The summed E-state index contributed by atoms with van der Waals surface area (Å²) in [7, 11) is 5.85. The van der Waals surface area contributed by atoms with Crippen molar-refractivity contribution in [3.8, 4) is 5.75 Å². The van der Waals surface area contributed by atoms with E-state index in [0.717, 1.165) is 12.2 Å². The van der Waals surface area contributed by atoms with E-state index in [0.29, 0.717) is 12.6 Å². The number of rotatable bonds is 5. The predicted molar refractivity (Wildman–Crippen MR) is 67.8 cm³/mol. The number of hydrogen-bond acceptors (Lipinski definition) is 3. The van der Waals surface area contributed by atoms with Gasteiger partial charge in [-0.3, -0.25) is 0 Å². The molecule has 0 fully saturated rings. The number of ether oxygens (including phenoxy) is 1. The number of benzene rings is 1. The van der Waals surface area contributed by atoms with Crippen LogP contribution in [0.5, 0.6) is 5.75 Å². The Hall–Kier alpha value is -1.06. The molecule has 1 aromatic carbocycles. The first-order valence-electron chi connectivity index (χ1n) is 5.61. The second kappa shape index (κ2) is 5.87. The molecule has 2 N–H and O–H groups in total. The first-order chi connectivity index (χ1) is 7.60. The Labute approximate surface area is 98.2 Å². The molecule has 0 bridgehead atoms. The lowest BCUT2D eigenvalue weighted by Gasteiger charge is -2.26. The van der Waals surface area contributed by atoms with Crippen molar-refractivity contribution in [2.45, 2.75) is 19.4 Å². The fourth-order valence-electron chi connectivity index (χ4n) is 1.96. The minimum absolute atomic E-state index is 0.319. The summed E-state index contributed by atoms with van der Waals surface area (Å²) >= 11 is 0. The summed E-state index contributed by atoms with van der Waals surface area (Å²) in [5.74, 6) is 0.942. The standard InChI is InChI=1S/C13H22N2O/c1-10-5-6-13(16-4)11(9-10)12(7-8-14)15(2)3/h5-6,9,12H,7-8,14H2,1-4H3. The molecule has 1 unspecified atom stereocenters. The van der Waals surface area contributed by atoms with Crippen molar-refractivity contribution in [2.24, 2.45) is 5.73 Å². The van der Waals surface area contributed by atoms with Crippen molar-refractivity contribution in [3.05, 3.63) is 29.3 Å². The first kappa shape index (κ1) is 13.0. The summed E-state index contributed by atoms with van der Waals surface area (Å²) in [6.07, 6.45) is 0.937. The van der Waals surface area contributed by atoms with Crippen LogP contribution in [-0.2, 0) is 0 Å². The minimum atomic E-state index is 0.319. The van der Waals surface area contributed by atoms with Crippen LogP contribution in [0.3, 0.4) is 0 Å². The number of hydrogen-bond donors (Lipinski definition) is 1. The van der Waals surface area contributed by atoms with E-state index in [4.69, 9.17) is 10.5 Å². The number of methoxy groups -OCH3 is 1. The van der Waals surface area contributed by atoms with Crippen LogP contribution in [0.4, 0.5) is 0 Å². The van der Waals surface area contributed by atoms with Crippen LogP contribution in [0.15, 0.2) is 18.2 Å². The predicted octanol–water partition coefficient (Wildman–Crippen LogP) is 1.96. The zero-order valence-corrected chi connectivity index (χ0v) is 10.7. The molecule has 1 atom stereocenters. The molecule has 0 aliphatic heterocycles. The van der Waals surface area contributed by atoms with Crippen molar-refractivity contribution in [1.29, 1.82) is 0 Å². The average Bonchev–Trinajstić information content (AvgIpc) is 2.25. The molecule has 3 nitrogen and oxygen atoms in total. The van der Waals surface area contributed by atoms with Gasteiger partial charge in [0, 0.05) is 11.6 Å².